The van der Waals surface area contributed by atoms with Crippen LogP contribution in [0.15, 0.2) is 46.6 Å². The average molecular weight is 336 g/mol. The lowest BCUT2D eigenvalue weighted by Crippen LogP contribution is -2.21. The number of aliphatic imine (C=N–C) groups is 1. The summed E-state index contributed by atoms with van der Waals surface area (Å²) in [5.74, 6) is 1.18. The molecule has 25 heavy (non-hydrogen) atoms. The van der Waals surface area contributed by atoms with E-state index in [9.17, 15) is 4.79 Å². The van der Waals surface area contributed by atoms with Gasteiger partial charge in [-0.1, -0.05) is 23.8 Å². The van der Waals surface area contributed by atoms with E-state index >= 15 is 0 Å². The largest absolute Gasteiger partial charge is 0.309 e. The van der Waals surface area contributed by atoms with E-state index in [1.165, 1.54) is 18.4 Å². The van der Waals surface area contributed by atoms with Crippen LogP contribution < -0.4 is 5.32 Å². The van der Waals surface area contributed by atoms with Crippen LogP contribution in [0.2, 0.25) is 0 Å². The zero-order valence-electron chi connectivity index (χ0n) is 14.7. The van der Waals surface area contributed by atoms with Gasteiger partial charge in [-0.25, -0.2) is 0 Å². The van der Waals surface area contributed by atoms with E-state index in [1.807, 2.05) is 13.0 Å². The molecule has 1 amide bonds. The van der Waals surface area contributed by atoms with Crippen molar-refractivity contribution in [2.45, 2.75) is 45.4 Å². The minimum atomic E-state index is -0.288. The van der Waals surface area contributed by atoms with Crippen LogP contribution in [0, 0.1) is 11.8 Å². The molecule has 5 nitrogen and oxygen atoms in total. The first kappa shape index (κ1) is 16.1. The molecule has 130 valence electrons. The van der Waals surface area contributed by atoms with E-state index in [0.717, 1.165) is 29.9 Å². The van der Waals surface area contributed by atoms with Crippen LogP contribution in [0.25, 0.3) is 0 Å². The first-order valence-electron chi connectivity index (χ1n) is 9.11. The number of rotatable bonds is 4. The van der Waals surface area contributed by atoms with Gasteiger partial charge in [0.05, 0.1) is 5.92 Å². The molecule has 2 aliphatic carbocycles. The van der Waals surface area contributed by atoms with Gasteiger partial charge in [0.25, 0.3) is 0 Å². The van der Waals surface area contributed by atoms with Crippen molar-refractivity contribution >= 4 is 17.4 Å². The SMILES string of the molecule is CC1=C/CCC2C=C([C@@H](C)C(=O)Nc3cc(C4CC4)[nH]n3)N=C2/C=C\1. The molecule has 2 heterocycles. The van der Waals surface area contributed by atoms with Gasteiger partial charge in [0, 0.05) is 35.0 Å². The fourth-order valence-corrected chi connectivity index (χ4v) is 3.34. The molecule has 1 unspecified atom stereocenters. The summed E-state index contributed by atoms with van der Waals surface area (Å²) in [6.45, 7) is 4.02. The molecule has 2 N–H and O–H groups in total. The summed E-state index contributed by atoms with van der Waals surface area (Å²) in [6.07, 6.45) is 13.1. The molecule has 0 bridgehead atoms. The van der Waals surface area contributed by atoms with Crippen molar-refractivity contribution in [2.24, 2.45) is 16.8 Å². The van der Waals surface area contributed by atoms with Crippen LogP contribution >= 0.6 is 0 Å². The number of aromatic amines is 1. The Labute approximate surface area is 148 Å². The highest BCUT2D eigenvalue weighted by molar-refractivity contribution is 6.02. The number of carbonyl (C=O) groups is 1. The van der Waals surface area contributed by atoms with Gasteiger partial charge in [-0.05, 0) is 45.6 Å². The molecular weight excluding hydrogens is 312 g/mol. The molecule has 1 fully saturated rings. The summed E-state index contributed by atoms with van der Waals surface area (Å²) in [6, 6.07) is 1.95. The third kappa shape index (κ3) is 3.50. The fraction of sp³-hybridized carbons (Fsp3) is 0.450. The summed E-state index contributed by atoms with van der Waals surface area (Å²) in [5.41, 5.74) is 4.32. The van der Waals surface area contributed by atoms with Crippen molar-refractivity contribution < 1.29 is 4.79 Å². The van der Waals surface area contributed by atoms with Crippen LogP contribution in [-0.2, 0) is 4.79 Å². The van der Waals surface area contributed by atoms with E-state index in [0.29, 0.717) is 17.7 Å². The number of anilines is 1. The Hall–Kier alpha value is -2.43. The molecule has 1 aromatic rings. The number of carbonyl (C=O) groups excluding carboxylic acids is 1. The summed E-state index contributed by atoms with van der Waals surface area (Å²) in [7, 11) is 0. The van der Waals surface area contributed by atoms with E-state index in [2.05, 4.69) is 46.7 Å². The molecule has 0 aromatic carbocycles. The van der Waals surface area contributed by atoms with Gasteiger partial charge in [-0.15, -0.1) is 0 Å². The van der Waals surface area contributed by atoms with Crippen molar-refractivity contribution in [1.29, 1.82) is 0 Å². The normalized spacial score (nSPS) is 27.1. The number of amides is 1. The van der Waals surface area contributed by atoms with Crippen molar-refractivity contribution in [2.75, 3.05) is 5.32 Å². The standard InChI is InChI=1S/C20H24N4O/c1-12-4-3-5-15-10-17(21-16(15)9-6-12)13(2)20(25)22-19-11-18(23-24-19)14-7-8-14/h4,6,9-11,13-15H,3,5,7-8H2,1-2H3,(H2,22,23,24,25)/b9-6-,12-4-/t13-,15?/m1/s1. The maximum Gasteiger partial charge on any atom is 0.234 e. The molecule has 1 aromatic heterocycles. The predicted octanol–water partition coefficient (Wildman–Crippen LogP) is 4.11. The van der Waals surface area contributed by atoms with Crippen molar-refractivity contribution in [1.82, 2.24) is 10.2 Å². The smallest absolute Gasteiger partial charge is 0.234 e. The number of nitrogens with one attached hydrogen (secondary N) is 2. The minimum Gasteiger partial charge on any atom is -0.309 e. The Morgan fingerprint density at radius 3 is 2.96 bits per heavy atom. The molecule has 5 heteroatoms. The Morgan fingerprint density at radius 2 is 2.16 bits per heavy atom. The lowest BCUT2D eigenvalue weighted by atomic mass is 9.94. The maximum atomic E-state index is 12.6. The van der Waals surface area contributed by atoms with E-state index < -0.39 is 0 Å². The Kier molecular flexibility index (Phi) is 4.15. The van der Waals surface area contributed by atoms with Crippen LogP contribution in [0.1, 0.15) is 51.1 Å². The number of fused-ring (bicyclic) bond motifs is 1. The molecule has 0 saturated heterocycles. The zero-order chi connectivity index (χ0) is 17.4. The number of hydrogen-bond donors (Lipinski definition) is 2. The summed E-state index contributed by atoms with van der Waals surface area (Å²) in [4.78, 5) is 17.3. The van der Waals surface area contributed by atoms with E-state index in [1.54, 1.807) is 0 Å². The number of aromatic nitrogens is 2. The lowest BCUT2D eigenvalue weighted by Gasteiger charge is -2.10. The maximum absolute atomic E-state index is 12.6. The highest BCUT2D eigenvalue weighted by Crippen LogP contribution is 2.39. The summed E-state index contributed by atoms with van der Waals surface area (Å²) in [5, 5.41) is 10.1. The van der Waals surface area contributed by atoms with Crippen LogP contribution in [0.5, 0.6) is 0 Å². The van der Waals surface area contributed by atoms with E-state index in [4.69, 9.17) is 4.99 Å². The molecular formula is C20H24N4O. The van der Waals surface area contributed by atoms with Gasteiger partial charge < -0.3 is 5.32 Å². The lowest BCUT2D eigenvalue weighted by molar-refractivity contribution is -0.118. The van der Waals surface area contributed by atoms with Crippen molar-refractivity contribution in [3.8, 4) is 0 Å². The van der Waals surface area contributed by atoms with Crippen LogP contribution in [-0.4, -0.2) is 21.8 Å². The van der Waals surface area contributed by atoms with Crippen molar-refractivity contribution in [3.63, 3.8) is 0 Å². The fourth-order valence-electron chi connectivity index (χ4n) is 3.34. The van der Waals surface area contributed by atoms with Gasteiger partial charge in [0.1, 0.15) is 0 Å². The highest BCUT2D eigenvalue weighted by Gasteiger charge is 2.28. The molecule has 0 spiro atoms. The minimum absolute atomic E-state index is 0.0583. The predicted molar refractivity (Wildman–Crippen MR) is 99.5 cm³/mol. The molecule has 1 saturated carbocycles. The summed E-state index contributed by atoms with van der Waals surface area (Å²) >= 11 is 0. The van der Waals surface area contributed by atoms with Crippen LogP contribution in [0.4, 0.5) is 5.82 Å². The molecule has 3 aliphatic rings. The second kappa shape index (κ2) is 6.47. The van der Waals surface area contributed by atoms with Gasteiger partial charge in [0.2, 0.25) is 5.91 Å². The quantitative estimate of drug-likeness (QED) is 0.868. The molecule has 0 radical (unpaired) electrons. The summed E-state index contributed by atoms with van der Waals surface area (Å²) < 4.78 is 0. The Morgan fingerprint density at radius 1 is 1.32 bits per heavy atom. The molecule has 2 atom stereocenters. The monoisotopic (exact) mass is 336 g/mol. The first-order chi connectivity index (χ1) is 12.1. The topological polar surface area (TPSA) is 70.1 Å². The van der Waals surface area contributed by atoms with Gasteiger partial charge in [-0.2, -0.15) is 5.10 Å². The third-order valence-corrected chi connectivity index (χ3v) is 5.17. The third-order valence-electron chi connectivity index (χ3n) is 5.17. The van der Waals surface area contributed by atoms with Gasteiger partial charge in [0.15, 0.2) is 5.82 Å². The highest BCUT2D eigenvalue weighted by atomic mass is 16.2. The van der Waals surface area contributed by atoms with Crippen molar-refractivity contribution in [3.05, 3.63) is 47.3 Å². The Balaban J connectivity index is 1.44. The number of H-pyrrole nitrogens is 1. The van der Waals surface area contributed by atoms with Crippen LogP contribution in [0.3, 0.4) is 0 Å². The number of allylic oxidation sites excluding steroid dienone is 5. The zero-order valence-corrected chi connectivity index (χ0v) is 14.7. The molecule has 1 aliphatic heterocycles. The molecule has 4 rings (SSSR count). The number of hydrogen-bond acceptors (Lipinski definition) is 3. The first-order valence-corrected chi connectivity index (χ1v) is 9.11. The second-order valence-electron chi connectivity index (χ2n) is 7.29. The van der Waals surface area contributed by atoms with Gasteiger partial charge >= 0.3 is 0 Å². The Bertz CT molecular complexity index is 807. The average Bonchev–Trinajstić information content (AvgIpc) is 3.21. The number of nitrogens with zero attached hydrogens (tertiary/aromatic N) is 2. The second-order valence-corrected chi connectivity index (χ2v) is 7.29. The van der Waals surface area contributed by atoms with Gasteiger partial charge in [-0.3, -0.25) is 14.9 Å². The van der Waals surface area contributed by atoms with E-state index in [-0.39, 0.29) is 11.8 Å².